The maximum Gasteiger partial charge on any atom is 0.277 e. The molecule has 0 aromatic heterocycles. The first kappa shape index (κ1) is 22.9. The summed E-state index contributed by atoms with van der Waals surface area (Å²) in [6.45, 7) is 3.51. The number of β-amino-alcohol motifs (C(OH)–C–C–N with tert-alkyl or cyclic N) is 1. The van der Waals surface area contributed by atoms with Crippen molar-refractivity contribution in [3.05, 3.63) is 71.2 Å². The number of methoxy groups -OCH3 is 1. The maximum absolute atomic E-state index is 13.5. The number of amides is 2. The van der Waals surface area contributed by atoms with Crippen LogP contribution in [0.4, 0.5) is 4.39 Å². The molecule has 0 spiro atoms. The van der Waals surface area contributed by atoms with Gasteiger partial charge in [-0.2, -0.15) is 0 Å². The largest absolute Gasteiger partial charge is 0.497 e. The molecule has 0 bridgehead atoms. The number of hydrogen-bond donors (Lipinski definition) is 1. The Morgan fingerprint density at radius 2 is 1.58 bits per heavy atom. The van der Waals surface area contributed by atoms with Crippen molar-refractivity contribution in [2.45, 2.75) is 6.42 Å². The monoisotopic (exact) mass is 453 g/mol. The summed E-state index contributed by atoms with van der Waals surface area (Å²) in [5.74, 6) is -0.273. The Kier molecular flexibility index (Phi) is 7.05. The molecule has 174 valence electrons. The van der Waals surface area contributed by atoms with E-state index < -0.39 is 0 Å². The third-order valence-electron chi connectivity index (χ3n) is 6.16. The molecule has 0 radical (unpaired) electrons. The summed E-state index contributed by atoms with van der Waals surface area (Å²) in [6.07, 6.45) is 0.450. The topological polar surface area (TPSA) is 73.3 Å². The van der Waals surface area contributed by atoms with Crippen LogP contribution in [-0.4, -0.2) is 84.6 Å². The van der Waals surface area contributed by atoms with Crippen molar-refractivity contribution >= 4 is 17.4 Å². The van der Waals surface area contributed by atoms with Crippen molar-refractivity contribution in [2.75, 3.05) is 53.0 Å². The summed E-state index contributed by atoms with van der Waals surface area (Å²) in [7, 11) is 1.58. The number of benzene rings is 2. The molecule has 2 amide bonds. The van der Waals surface area contributed by atoms with Crippen LogP contribution in [0.15, 0.2) is 54.2 Å². The van der Waals surface area contributed by atoms with E-state index in [0.29, 0.717) is 61.7 Å². The number of ether oxygens (including phenoxy) is 1. The van der Waals surface area contributed by atoms with E-state index in [1.165, 1.54) is 17.0 Å². The number of carbonyl (C=O) groups excluding carboxylic acids is 2. The predicted octanol–water partition coefficient (Wildman–Crippen LogP) is 1.77. The summed E-state index contributed by atoms with van der Waals surface area (Å²) < 4.78 is 18.5. The van der Waals surface area contributed by atoms with E-state index >= 15 is 0 Å². The number of aliphatic hydroxyl groups excluding tert-OH is 1. The smallest absolute Gasteiger partial charge is 0.277 e. The number of imide groups is 1. The molecule has 2 aliphatic rings. The Hall–Kier alpha value is -3.23. The van der Waals surface area contributed by atoms with Crippen LogP contribution in [0, 0.1) is 5.82 Å². The number of halogens is 1. The second-order valence-corrected chi connectivity index (χ2v) is 8.14. The van der Waals surface area contributed by atoms with Gasteiger partial charge in [0.05, 0.1) is 19.3 Å². The first-order valence-corrected chi connectivity index (χ1v) is 11.1. The minimum absolute atomic E-state index is 0.0916. The number of hydrogen-bond acceptors (Lipinski definition) is 6. The number of carbonyl (C=O) groups is 2. The van der Waals surface area contributed by atoms with Gasteiger partial charge in [0.15, 0.2) is 0 Å². The van der Waals surface area contributed by atoms with Crippen molar-refractivity contribution < 1.29 is 23.8 Å². The van der Waals surface area contributed by atoms with E-state index in [-0.39, 0.29) is 30.8 Å². The summed E-state index contributed by atoms with van der Waals surface area (Å²) in [6, 6.07) is 13.2. The summed E-state index contributed by atoms with van der Waals surface area (Å²) in [5.41, 5.74) is 2.35. The van der Waals surface area contributed by atoms with Crippen LogP contribution >= 0.6 is 0 Å². The first-order valence-electron chi connectivity index (χ1n) is 11.1. The lowest BCUT2D eigenvalue weighted by Gasteiger charge is -2.36. The van der Waals surface area contributed by atoms with E-state index in [4.69, 9.17) is 4.74 Å². The second kappa shape index (κ2) is 10.1. The van der Waals surface area contributed by atoms with Crippen molar-refractivity contribution in [3.8, 4) is 5.75 Å². The molecule has 0 saturated carbocycles. The van der Waals surface area contributed by atoms with Gasteiger partial charge in [-0.25, -0.2) is 4.39 Å². The molecule has 1 fully saturated rings. The highest BCUT2D eigenvalue weighted by Gasteiger charge is 2.41. The third kappa shape index (κ3) is 4.91. The zero-order valence-corrected chi connectivity index (χ0v) is 18.7. The molecular weight excluding hydrogens is 425 g/mol. The summed E-state index contributed by atoms with van der Waals surface area (Å²) >= 11 is 0. The van der Waals surface area contributed by atoms with E-state index in [2.05, 4.69) is 4.90 Å². The van der Waals surface area contributed by atoms with Crippen LogP contribution in [0.25, 0.3) is 5.57 Å². The highest BCUT2D eigenvalue weighted by molar-refractivity contribution is 6.35. The van der Waals surface area contributed by atoms with Crippen LogP contribution in [0.3, 0.4) is 0 Å². The molecule has 1 saturated heterocycles. The Morgan fingerprint density at radius 3 is 2.18 bits per heavy atom. The maximum atomic E-state index is 13.5. The van der Waals surface area contributed by atoms with Gasteiger partial charge in [0, 0.05) is 39.3 Å². The molecule has 0 atom stereocenters. The molecule has 2 aliphatic heterocycles. The average molecular weight is 454 g/mol. The summed E-state index contributed by atoms with van der Waals surface area (Å²) in [5, 5.41) is 9.21. The number of nitrogens with zero attached hydrogens (tertiary/aromatic N) is 3. The molecule has 2 aromatic carbocycles. The van der Waals surface area contributed by atoms with Crippen LogP contribution in [-0.2, 0) is 16.0 Å². The number of piperazine rings is 1. The molecule has 8 heteroatoms. The van der Waals surface area contributed by atoms with Gasteiger partial charge in [0.2, 0.25) is 0 Å². The van der Waals surface area contributed by atoms with E-state index in [0.717, 1.165) is 5.56 Å². The Balaban J connectivity index is 1.60. The molecule has 2 heterocycles. The van der Waals surface area contributed by atoms with Gasteiger partial charge < -0.3 is 14.7 Å². The highest BCUT2D eigenvalue weighted by Crippen LogP contribution is 2.33. The average Bonchev–Trinajstić information content (AvgIpc) is 3.09. The molecule has 4 rings (SSSR count). The minimum atomic E-state index is -0.321. The minimum Gasteiger partial charge on any atom is -0.497 e. The highest BCUT2D eigenvalue weighted by atomic mass is 19.1. The van der Waals surface area contributed by atoms with Gasteiger partial charge in [-0.05, 0) is 41.8 Å². The van der Waals surface area contributed by atoms with Gasteiger partial charge in [-0.15, -0.1) is 0 Å². The lowest BCUT2D eigenvalue weighted by molar-refractivity contribution is -0.137. The van der Waals surface area contributed by atoms with Crippen molar-refractivity contribution in [2.24, 2.45) is 0 Å². The molecule has 7 nitrogen and oxygen atoms in total. The Bertz CT molecular complexity index is 1030. The van der Waals surface area contributed by atoms with Gasteiger partial charge in [-0.1, -0.05) is 24.3 Å². The first-order chi connectivity index (χ1) is 16.0. The predicted molar refractivity (Wildman–Crippen MR) is 122 cm³/mol. The lowest BCUT2D eigenvalue weighted by Crippen LogP contribution is -2.48. The fraction of sp³-hybridized carbons (Fsp3) is 0.360. The standard InChI is InChI=1S/C25H28FN3O4/c1-33-21-8-4-19(5-9-21)22-23(28-14-12-27(13-15-28)16-17-30)25(32)29(24(22)31)11-10-18-2-6-20(26)7-3-18/h2-9,30H,10-17H2,1H3. The second-order valence-electron chi connectivity index (χ2n) is 8.14. The summed E-state index contributed by atoms with van der Waals surface area (Å²) in [4.78, 5) is 32.3. The van der Waals surface area contributed by atoms with E-state index in [9.17, 15) is 19.1 Å². The molecule has 0 aliphatic carbocycles. The molecule has 33 heavy (non-hydrogen) atoms. The van der Waals surface area contributed by atoms with Crippen LogP contribution in [0.5, 0.6) is 5.75 Å². The molecule has 0 unspecified atom stereocenters. The Morgan fingerprint density at radius 1 is 0.909 bits per heavy atom. The van der Waals surface area contributed by atoms with Crippen molar-refractivity contribution in [3.63, 3.8) is 0 Å². The van der Waals surface area contributed by atoms with Gasteiger partial charge >= 0.3 is 0 Å². The third-order valence-corrected chi connectivity index (χ3v) is 6.16. The van der Waals surface area contributed by atoms with Crippen LogP contribution in [0.2, 0.25) is 0 Å². The number of rotatable bonds is 8. The zero-order chi connectivity index (χ0) is 23.4. The van der Waals surface area contributed by atoms with Crippen LogP contribution in [0.1, 0.15) is 11.1 Å². The fourth-order valence-electron chi connectivity index (χ4n) is 4.31. The molecule has 2 aromatic rings. The van der Waals surface area contributed by atoms with E-state index in [1.54, 1.807) is 43.5 Å². The lowest BCUT2D eigenvalue weighted by atomic mass is 10.0. The van der Waals surface area contributed by atoms with Crippen molar-refractivity contribution in [1.82, 2.24) is 14.7 Å². The number of aliphatic hydroxyl groups is 1. The van der Waals surface area contributed by atoms with Crippen molar-refractivity contribution in [1.29, 1.82) is 0 Å². The van der Waals surface area contributed by atoms with Crippen LogP contribution < -0.4 is 4.74 Å². The zero-order valence-electron chi connectivity index (χ0n) is 18.7. The SMILES string of the molecule is COc1ccc(C2=C(N3CCN(CCO)CC3)C(=O)N(CCc3ccc(F)cc3)C2=O)cc1. The Labute approximate surface area is 192 Å². The normalized spacial score (nSPS) is 17.3. The molecular formula is C25H28FN3O4. The van der Waals surface area contributed by atoms with Gasteiger partial charge in [0.1, 0.15) is 17.3 Å². The quantitative estimate of drug-likeness (QED) is 0.615. The van der Waals surface area contributed by atoms with Gasteiger partial charge in [-0.3, -0.25) is 19.4 Å². The van der Waals surface area contributed by atoms with E-state index in [1.807, 2.05) is 4.90 Å². The fourth-order valence-corrected chi connectivity index (χ4v) is 4.31. The molecule has 1 N–H and O–H groups in total. The van der Waals surface area contributed by atoms with Gasteiger partial charge in [0.25, 0.3) is 11.8 Å².